The van der Waals surface area contributed by atoms with Crippen LogP contribution in [0.3, 0.4) is 0 Å². The van der Waals surface area contributed by atoms with E-state index in [-0.39, 0.29) is 32.7 Å². The van der Waals surface area contributed by atoms with Gasteiger partial charge in [-0.25, -0.2) is 9.97 Å². The molecule has 0 aromatic carbocycles. The number of nitrogens with zero attached hydrogens (tertiary/aromatic N) is 3. The summed E-state index contributed by atoms with van der Waals surface area (Å²) in [6, 6.07) is 6.51. The second-order valence-electron chi connectivity index (χ2n) is 5.38. The maximum Gasteiger partial charge on any atom is 0.141 e. The fraction of sp³-hybridized carbons (Fsp3) is 0.312. The molecule has 0 N–H and O–H groups in total. The minimum absolute atomic E-state index is 0. The summed E-state index contributed by atoms with van der Waals surface area (Å²) < 4.78 is 2.32. The summed E-state index contributed by atoms with van der Waals surface area (Å²) in [5.41, 5.74) is 2.36. The number of aryl methyl sites for hydroxylation is 1. The molecule has 0 bridgehead atoms. The van der Waals surface area contributed by atoms with E-state index in [1.807, 2.05) is 13.1 Å². The summed E-state index contributed by atoms with van der Waals surface area (Å²) in [5, 5.41) is 3.26. The summed E-state index contributed by atoms with van der Waals surface area (Å²) in [7, 11) is 0. The average Bonchev–Trinajstić information content (AvgIpc) is 2.99. The van der Waals surface area contributed by atoms with Gasteiger partial charge in [0.25, 0.3) is 0 Å². The van der Waals surface area contributed by atoms with Crippen molar-refractivity contribution in [1.29, 1.82) is 0 Å². The van der Waals surface area contributed by atoms with Crippen molar-refractivity contribution in [2.24, 2.45) is 0 Å². The van der Waals surface area contributed by atoms with E-state index in [4.69, 9.17) is 0 Å². The number of rotatable bonds is 4. The number of fused-ring (bicyclic) bond motifs is 1. The molecule has 0 fully saturated rings. The monoisotopic (exact) mass is 373 g/mol. The summed E-state index contributed by atoms with van der Waals surface area (Å²) in [6.07, 6.45) is 2.89. The Morgan fingerprint density at radius 1 is 1.33 bits per heavy atom. The molecule has 3 aromatic heterocycles. The van der Waals surface area contributed by atoms with Crippen LogP contribution in [0.15, 0.2) is 29.8 Å². The third-order valence-corrected chi connectivity index (χ3v) is 4.13. The van der Waals surface area contributed by atoms with E-state index in [0.717, 1.165) is 29.8 Å². The number of hydrogen-bond donors (Lipinski definition) is 0. The van der Waals surface area contributed by atoms with Gasteiger partial charge in [-0.3, -0.25) is 0 Å². The fourth-order valence-electron chi connectivity index (χ4n) is 2.41. The third kappa shape index (κ3) is 3.79. The van der Waals surface area contributed by atoms with Crippen LogP contribution in [0.4, 0.5) is 0 Å². The molecule has 0 aliphatic rings. The van der Waals surface area contributed by atoms with Crippen molar-refractivity contribution in [3.63, 3.8) is 0 Å². The second kappa shape index (κ2) is 7.12. The van der Waals surface area contributed by atoms with Crippen LogP contribution in [0, 0.1) is 12.8 Å². The molecule has 3 heterocycles. The molecule has 0 aliphatic heterocycles. The van der Waals surface area contributed by atoms with Gasteiger partial charge in [-0.1, -0.05) is 12.6 Å². The van der Waals surface area contributed by atoms with E-state index in [1.54, 1.807) is 11.3 Å². The quantitative estimate of drug-likeness (QED) is 0.647. The fourth-order valence-corrected chi connectivity index (χ4v) is 3.13. The van der Waals surface area contributed by atoms with Crippen molar-refractivity contribution in [2.75, 3.05) is 0 Å². The van der Waals surface area contributed by atoms with Gasteiger partial charge in [0.05, 0.1) is 0 Å². The Hall–Kier alpha value is -0.576. The number of thiophene rings is 1. The molecule has 0 atom stereocenters. The summed E-state index contributed by atoms with van der Waals surface area (Å²) in [4.78, 5) is 10.3. The van der Waals surface area contributed by atoms with Gasteiger partial charge >= 0.3 is 0 Å². The smallest absolute Gasteiger partial charge is 0.141 e. The van der Waals surface area contributed by atoms with E-state index < -0.39 is 0 Å². The van der Waals surface area contributed by atoms with Gasteiger partial charge < -0.3 is 10.5 Å². The van der Waals surface area contributed by atoms with Gasteiger partial charge in [0, 0.05) is 61.3 Å². The summed E-state index contributed by atoms with van der Waals surface area (Å²) in [5.74, 6) is 2.21. The average molecular weight is 373 g/mol. The first kappa shape index (κ1) is 16.8. The maximum atomic E-state index is 4.62. The van der Waals surface area contributed by atoms with Crippen molar-refractivity contribution in [2.45, 2.75) is 33.7 Å². The maximum absolute atomic E-state index is 4.62. The van der Waals surface area contributed by atoms with Crippen molar-refractivity contribution in [1.82, 2.24) is 14.5 Å². The van der Waals surface area contributed by atoms with Gasteiger partial charge in [-0.2, -0.15) is 13.8 Å². The minimum atomic E-state index is 0. The SMILES string of the molecule is Cc1ncc2cc(Cc3cccs3)n(C[C-](C)C)c2n1.[Y]. The Labute approximate surface area is 154 Å². The zero-order valence-corrected chi connectivity index (χ0v) is 16.3. The first-order valence-corrected chi connectivity index (χ1v) is 7.64. The number of hydrogen-bond acceptors (Lipinski definition) is 3. The Morgan fingerprint density at radius 2 is 2.14 bits per heavy atom. The van der Waals surface area contributed by atoms with Crippen LogP contribution in [0.1, 0.15) is 30.2 Å². The minimum Gasteiger partial charge on any atom is -0.359 e. The van der Waals surface area contributed by atoms with E-state index in [0.29, 0.717) is 0 Å². The summed E-state index contributed by atoms with van der Waals surface area (Å²) in [6.45, 7) is 7.18. The zero-order chi connectivity index (χ0) is 14.1. The Morgan fingerprint density at radius 3 is 2.81 bits per heavy atom. The molecule has 3 nitrogen and oxygen atoms in total. The van der Waals surface area contributed by atoms with E-state index in [2.05, 4.69) is 52.0 Å². The largest absolute Gasteiger partial charge is 0.359 e. The number of aromatic nitrogens is 3. The predicted octanol–water partition coefficient (Wildman–Crippen LogP) is 4.00. The van der Waals surface area contributed by atoms with Gasteiger partial charge in [0.15, 0.2) is 0 Å². The molecule has 0 spiro atoms. The van der Waals surface area contributed by atoms with E-state index in [1.165, 1.54) is 16.5 Å². The molecule has 0 saturated carbocycles. The van der Waals surface area contributed by atoms with Gasteiger partial charge in [0.1, 0.15) is 11.5 Å². The predicted molar refractivity (Wildman–Crippen MR) is 84.0 cm³/mol. The zero-order valence-electron chi connectivity index (χ0n) is 12.6. The van der Waals surface area contributed by atoms with Crippen molar-refractivity contribution in [3.05, 3.63) is 52.1 Å². The Balaban J connectivity index is 0.00000161. The van der Waals surface area contributed by atoms with Crippen LogP contribution in [0.2, 0.25) is 0 Å². The first-order valence-electron chi connectivity index (χ1n) is 6.76. The molecule has 3 aromatic rings. The van der Waals surface area contributed by atoms with Crippen LogP contribution in [-0.4, -0.2) is 14.5 Å². The van der Waals surface area contributed by atoms with E-state index in [9.17, 15) is 0 Å². The normalized spacial score (nSPS) is 11.0. The van der Waals surface area contributed by atoms with Gasteiger partial charge in [-0.15, -0.1) is 11.3 Å². The van der Waals surface area contributed by atoms with Crippen LogP contribution in [-0.2, 0) is 45.7 Å². The van der Waals surface area contributed by atoms with Crippen LogP contribution in [0.25, 0.3) is 11.0 Å². The molecule has 0 saturated heterocycles. The van der Waals surface area contributed by atoms with Gasteiger partial charge in [0.2, 0.25) is 0 Å². The molecule has 0 amide bonds. The molecular weight excluding hydrogens is 355 g/mol. The van der Waals surface area contributed by atoms with Crippen LogP contribution in [0.5, 0.6) is 0 Å². The van der Waals surface area contributed by atoms with Crippen molar-refractivity contribution >= 4 is 22.4 Å². The molecule has 5 heteroatoms. The van der Waals surface area contributed by atoms with Crippen molar-refractivity contribution < 1.29 is 32.7 Å². The molecule has 3 rings (SSSR count). The molecule has 107 valence electrons. The first-order chi connectivity index (χ1) is 9.63. The molecule has 21 heavy (non-hydrogen) atoms. The molecule has 1 radical (unpaired) electrons. The topological polar surface area (TPSA) is 30.7 Å². The molecule has 0 unspecified atom stereocenters. The standard InChI is InChI=1S/C16H18N3S.Y/c1-11(2)10-19-14(8-15-5-4-6-20-15)7-13-9-17-12(3)18-16(13)19;/h4-7,9H,8,10H2,1-3H3;/q-1;. The summed E-state index contributed by atoms with van der Waals surface area (Å²) >= 11 is 1.80. The van der Waals surface area contributed by atoms with Gasteiger partial charge in [-0.05, 0) is 24.4 Å². The Bertz CT molecular complexity index is 717. The van der Waals surface area contributed by atoms with Crippen molar-refractivity contribution in [3.8, 4) is 0 Å². The molecular formula is C16H18N3SY-. The molecule has 0 aliphatic carbocycles. The Kier molecular flexibility index (Phi) is 5.69. The third-order valence-electron chi connectivity index (χ3n) is 3.25. The van der Waals surface area contributed by atoms with Crippen LogP contribution >= 0.6 is 11.3 Å². The van der Waals surface area contributed by atoms with E-state index >= 15 is 0 Å². The second-order valence-corrected chi connectivity index (χ2v) is 6.41. The van der Waals surface area contributed by atoms with Crippen LogP contribution < -0.4 is 0 Å².